The van der Waals surface area contributed by atoms with Crippen molar-refractivity contribution in [1.82, 2.24) is 18.9 Å². The van der Waals surface area contributed by atoms with E-state index in [4.69, 9.17) is 10.5 Å². The summed E-state index contributed by atoms with van der Waals surface area (Å²) in [7, 11) is 1.27. The SMILES string of the molecule is Cn1c(=O)c(C(=O)COC(=O)CCc2cnn(-c3ccccc3)c2)c(N)n(Cc2ccccc2)c1=O. The second-order valence-corrected chi connectivity index (χ2v) is 8.19. The van der Waals surface area contributed by atoms with Gasteiger partial charge >= 0.3 is 11.7 Å². The van der Waals surface area contributed by atoms with Crippen molar-refractivity contribution < 1.29 is 14.3 Å². The van der Waals surface area contributed by atoms with Crippen LogP contribution in [0.3, 0.4) is 0 Å². The molecule has 0 spiro atoms. The van der Waals surface area contributed by atoms with Gasteiger partial charge in [0.2, 0.25) is 5.78 Å². The summed E-state index contributed by atoms with van der Waals surface area (Å²) in [6.45, 7) is -0.582. The molecule has 0 saturated heterocycles. The molecule has 4 aromatic rings. The van der Waals surface area contributed by atoms with Gasteiger partial charge in [-0.25, -0.2) is 9.48 Å². The molecule has 0 atom stereocenters. The van der Waals surface area contributed by atoms with Gasteiger partial charge in [0, 0.05) is 19.7 Å². The van der Waals surface area contributed by atoms with Crippen LogP contribution in [0.1, 0.15) is 27.9 Å². The van der Waals surface area contributed by atoms with Gasteiger partial charge in [0.1, 0.15) is 11.4 Å². The Morgan fingerprint density at radius 2 is 1.64 bits per heavy atom. The summed E-state index contributed by atoms with van der Waals surface area (Å²) < 4.78 is 8.77. The molecule has 36 heavy (non-hydrogen) atoms. The molecule has 10 heteroatoms. The Balaban J connectivity index is 1.41. The molecule has 0 aliphatic heterocycles. The van der Waals surface area contributed by atoms with Crippen LogP contribution in [-0.4, -0.2) is 37.3 Å². The Kier molecular flexibility index (Phi) is 7.24. The van der Waals surface area contributed by atoms with Gasteiger partial charge in [-0.15, -0.1) is 0 Å². The van der Waals surface area contributed by atoms with Crippen LogP contribution >= 0.6 is 0 Å². The van der Waals surface area contributed by atoms with Gasteiger partial charge in [-0.1, -0.05) is 48.5 Å². The van der Waals surface area contributed by atoms with Gasteiger partial charge in [-0.2, -0.15) is 5.10 Å². The normalized spacial score (nSPS) is 10.8. The van der Waals surface area contributed by atoms with E-state index < -0.39 is 29.6 Å². The molecule has 0 fully saturated rings. The van der Waals surface area contributed by atoms with Crippen LogP contribution in [0, 0.1) is 0 Å². The first-order valence-corrected chi connectivity index (χ1v) is 11.3. The summed E-state index contributed by atoms with van der Waals surface area (Å²) in [6, 6.07) is 18.6. The molecular formula is C26H25N5O5. The fourth-order valence-electron chi connectivity index (χ4n) is 3.71. The minimum Gasteiger partial charge on any atom is -0.457 e. The van der Waals surface area contributed by atoms with Crippen LogP contribution in [-0.2, 0) is 29.5 Å². The Hall–Kier alpha value is -4.73. The number of hydrogen-bond acceptors (Lipinski definition) is 7. The highest BCUT2D eigenvalue weighted by molar-refractivity contribution is 6.01. The van der Waals surface area contributed by atoms with E-state index in [0.717, 1.165) is 25.9 Å². The van der Waals surface area contributed by atoms with E-state index in [-0.39, 0.29) is 24.3 Å². The lowest BCUT2D eigenvalue weighted by Gasteiger charge is -2.14. The molecule has 2 aromatic carbocycles. The Bertz CT molecular complexity index is 1500. The Morgan fingerprint density at radius 1 is 0.972 bits per heavy atom. The number of ketones is 1. The van der Waals surface area contributed by atoms with Gasteiger partial charge in [0.15, 0.2) is 6.61 Å². The number of nitrogens with zero attached hydrogens (tertiary/aromatic N) is 4. The van der Waals surface area contributed by atoms with Crippen molar-refractivity contribution in [3.63, 3.8) is 0 Å². The number of nitrogen functional groups attached to an aromatic ring is 1. The third kappa shape index (κ3) is 5.33. The van der Waals surface area contributed by atoms with Crippen LogP contribution in [0.15, 0.2) is 82.6 Å². The minimum atomic E-state index is -0.837. The van der Waals surface area contributed by atoms with E-state index in [1.165, 1.54) is 7.05 Å². The lowest BCUT2D eigenvalue weighted by Crippen LogP contribution is -2.43. The molecule has 10 nitrogen and oxygen atoms in total. The van der Waals surface area contributed by atoms with Crippen LogP contribution in [0.25, 0.3) is 5.69 Å². The maximum Gasteiger partial charge on any atom is 0.332 e. The number of nitrogens with two attached hydrogens (primary N) is 1. The van der Waals surface area contributed by atoms with E-state index >= 15 is 0 Å². The predicted molar refractivity (Wildman–Crippen MR) is 133 cm³/mol. The maximum absolute atomic E-state index is 12.8. The highest BCUT2D eigenvalue weighted by atomic mass is 16.5. The number of rotatable bonds is 9. The van der Waals surface area contributed by atoms with E-state index in [1.54, 1.807) is 35.1 Å². The third-order valence-corrected chi connectivity index (χ3v) is 5.68. The van der Waals surface area contributed by atoms with Crippen molar-refractivity contribution in [2.45, 2.75) is 19.4 Å². The van der Waals surface area contributed by atoms with Crippen LogP contribution in [0.5, 0.6) is 0 Å². The number of anilines is 1. The van der Waals surface area contributed by atoms with Crippen molar-refractivity contribution in [2.24, 2.45) is 7.05 Å². The lowest BCUT2D eigenvalue weighted by atomic mass is 10.1. The first-order valence-electron chi connectivity index (χ1n) is 11.3. The maximum atomic E-state index is 12.8. The molecular weight excluding hydrogens is 462 g/mol. The van der Waals surface area contributed by atoms with E-state index in [9.17, 15) is 19.2 Å². The summed E-state index contributed by atoms with van der Waals surface area (Å²) in [6.07, 6.45) is 3.86. The van der Waals surface area contributed by atoms with E-state index in [0.29, 0.717) is 6.42 Å². The number of para-hydroxylation sites is 1. The summed E-state index contributed by atoms with van der Waals surface area (Å²) in [5, 5.41) is 4.28. The zero-order chi connectivity index (χ0) is 25.7. The first-order chi connectivity index (χ1) is 17.3. The number of Topliss-reactive ketones (excluding diaryl/α,β-unsaturated/α-hetero) is 1. The largest absolute Gasteiger partial charge is 0.457 e. The van der Waals surface area contributed by atoms with Crippen LogP contribution < -0.4 is 17.0 Å². The van der Waals surface area contributed by atoms with Crippen LogP contribution in [0.2, 0.25) is 0 Å². The number of carbonyl (C=O) groups is 2. The van der Waals surface area contributed by atoms with Gasteiger partial charge in [-0.05, 0) is 29.7 Å². The first kappa shape index (κ1) is 24.4. The number of aryl methyl sites for hydroxylation is 1. The molecule has 0 aliphatic rings. The smallest absolute Gasteiger partial charge is 0.332 e. The second kappa shape index (κ2) is 10.7. The molecule has 0 amide bonds. The van der Waals surface area contributed by atoms with E-state index in [2.05, 4.69) is 5.10 Å². The van der Waals surface area contributed by atoms with Gasteiger partial charge in [0.25, 0.3) is 5.56 Å². The average molecular weight is 488 g/mol. The Morgan fingerprint density at radius 3 is 2.33 bits per heavy atom. The topological polar surface area (TPSA) is 131 Å². The molecule has 0 saturated carbocycles. The molecule has 2 N–H and O–H groups in total. The molecule has 2 heterocycles. The fourth-order valence-corrected chi connectivity index (χ4v) is 3.71. The summed E-state index contributed by atoms with van der Waals surface area (Å²) in [5.41, 5.74) is 6.69. The highest BCUT2D eigenvalue weighted by Gasteiger charge is 2.22. The molecule has 0 bridgehead atoms. The average Bonchev–Trinajstić information content (AvgIpc) is 3.38. The van der Waals surface area contributed by atoms with Crippen molar-refractivity contribution in [3.05, 3.63) is 111 Å². The number of hydrogen-bond donors (Lipinski definition) is 1. The third-order valence-electron chi connectivity index (χ3n) is 5.68. The zero-order valence-electron chi connectivity index (χ0n) is 19.7. The second-order valence-electron chi connectivity index (χ2n) is 8.19. The lowest BCUT2D eigenvalue weighted by molar-refractivity contribution is -0.142. The molecule has 0 unspecified atom stereocenters. The summed E-state index contributed by atoms with van der Waals surface area (Å²) in [4.78, 5) is 50.3. The zero-order valence-corrected chi connectivity index (χ0v) is 19.7. The summed E-state index contributed by atoms with van der Waals surface area (Å²) >= 11 is 0. The van der Waals surface area contributed by atoms with Crippen molar-refractivity contribution in [3.8, 4) is 5.69 Å². The van der Waals surface area contributed by atoms with Gasteiger partial charge in [-0.3, -0.25) is 23.5 Å². The molecule has 4 rings (SSSR count). The standard InChI is InChI=1S/C26H25N5O5/c1-29-25(34)23(24(27)30(26(29)35)15-18-8-4-2-5-9-18)21(32)17-36-22(33)13-12-19-14-28-31(16-19)20-10-6-3-7-11-20/h2-11,14,16H,12-13,15,17,27H2,1H3. The Labute approximate surface area is 206 Å². The molecule has 184 valence electrons. The quantitative estimate of drug-likeness (QED) is 0.281. The van der Waals surface area contributed by atoms with E-state index in [1.807, 2.05) is 42.6 Å². The van der Waals surface area contributed by atoms with Gasteiger partial charge < -0.3 is 10.5 Å². The van der Waals surface area contributed by atoms with Crippen molar-refractivity contribution in [1.29, 1.82) is 0 Å². The molecule has 0 aliphatic carbocycles. The van der Waals surface area contributed by atoms with Crippen LogP contribution in [0.4, 0.5) is 5.82 Å². The highest BCUT2D eigenvalue weighted by Crippen LogP contribution is 2.11. The summed E-state index contributed by atoms with van der Waals surface area (Å²) in [5.74, 6) is -1.65. The van der Waals surface area contributed by atoms with Crippen molar-refractivity contribution >= 4 is 17.6 Å². The molecule has 0 radical (unpaired) electrons. The van der Waals surface area contributed by atoms with Gasteiger partial charge in [0.05, 0.1) is 18.4 Å². The molecule has 2 aromatic heterocycles. The number of carbonyl (C=O) groups excluding carboxylic acids is 2. The van der Waals surface area contributed by atoms with Crippen molar-refractivity contribution in [2.75, 3.05) is 12.3 Å². The number of aromatic nitrogens is 4. The number of esters is 1. The predicted octanol–water partition coefficient (Wildman–Crippen LogP) is 1.72. The number of ether oxygens (including phenoxy) is 1. The number of benzene rings is 2. The minimum absolute atomic E-state index is 0.0226. The fraction of sp³-hybridized carbons (Fsp3) is 0.192. The monoisotopic (exact) mass is 487 g/mol.